The molecule has 2 aromatic rings. The number of rotatable bonds is 3. The molecular formula is C17H23N3. The molecule has 0 amide bonds. The van der Waals surface area contributed by atoms with Crippen LogP contribution in [0.25, 0.3) is 10.9 Å². The number of hydrogen-bond donors (Lipinski definition) is 2. The van der Waals surface area contributed by atoms with Crippen molar-refractivity contribution in [2.75, 3.05) is 17.6 Å². The van der Waals surface area contributed by atoms with Gasteiger partial charge in [0.1, 0.15) is 0 Å². The lowest BCUT2D eigenvalue weighted by atomic mass is 9.82. The van der Waals surface area contributed by atoms with Gasteiger partial charge in [0.05, 0.1) is 23.1 Å². The Hall–Kier alpha value is -1.77. The van der Waals surface area contributed by atoms with Crippen LogP contribution in [0.5, 0.6) is 0 Å². The molecule has 1 aliphatic carbocycles. The van der Waals surface area contributed by atoms with Gasteiger partial charge in [-0.1, -0.05) is 38.0 Å². The van der Waals surface area contributed by atoms with Crippen LogP contribution in [0.2, 0.25) is 0 Å². The zero-order valence-electron chi connectivity index (χ0n) is 12.1. The Morgan fingerprint density at radius 1 is 1.30 bits per heavy atom. The lowest BCUT2D eigenvalue weighted by molar-refractivity contribution is 0.293. The first-order valence-corrected chi connectivity index (χ1v) is 7.61. The van der Waals surface area contributed by atoms with Crippen molar-refractivity contribution in [1.82, 2.24) is 4.98 Å². The highest BCUT2D eigenvalue weighted by atomic mass is 14.9. The van der Waals surface area contributed by atoms with Crippen LogP contribution in [-0.4, -0.2) is 11.5 Å². The van der Waals surface area contributed by atoms with Crippen LogP contribution in [0, 0.1) is 11.8 Å². The molecule has 3 N–H and O–H groups in total. The minimum Gasteiger partial charge on any atom is -0.396 e. The summed E-state index contributed by atoms with van der Waals surface area (Å²) in [6, 6.07) is 8.17. The van der Waals surface area contributed by atoms with Crippen molar-refractivity contribution in [2.24, 2.45) is 11.8 Å². The van der Waals surface area contributed by atoms with E-state index in [4.69, 9.17) is 5.73 Å². The molecule has 1 saturated carbocycles. The van der Waals surface area contributed by atoms with Gasteiger partial charge in [0.15, 0.2) is 0 Å². The molecule has 3 rings (SSSR count). The normalized spacial score (nSPS) is 22.9. The number of pyridine rings is 1. The van der Waals surface area contributed by atoms with E-state index in [1.165, 1.54) is 25.7 Å². The van der Waals surface area contributed by atoms with Gasteiger partial charge < -0.3 is 11.1 Å². The van der Waals surface area contributed by atoms with Gasteiger partial charge in [0, 0.05) is 11.9 Å². The van der Waals surface area contributed by atoms with Gasteiger partial charge in [-0.25, -0.2) is 0 Å². The number of nitrogens with one attached hydrogen (secondary N) is 1. The average Bonchev–Trinajstić information content (AvgIpc) is 2.46. The summed E-state index contributed by atoms with van der Waals surface area (Å²) in [5, 5.41) is 4.70. The summed E-state index contributed by atoms with van der Waals surface area (Å²) in [5.74, 6) is 1.63. The summed E-state index contributed by atoms with van der Waals surface area (Å²) in [6.07, 6.45) is 7.17. The van der Waals surface area contributed by atoms with Crippen molar-refractivity contribution in [3.63, 3.8) is 0 Å². The van der Waals surface area contributed by atoms with Crippen LogP contribution in [-0.2, 0) is 0 Å². The Balaban J connectivity index is 1.78. The van der Waals surface area contributed by atoms with Gasteiger partial charge in [-0.05, 0) is 30.7 Å². The molecule has 0 radical (unpaired) electrons. The third-order valence-electron chi connectivity index (χ3n) is 4.42. The monoisotopic (exact) mass is 269 g/mol. The molecule has 2 unspecified atom stereocenters. The molecule has 0 bridgehead atoms. The van der Waals surface area contributed by atoms with E-state index in [1.807, 2.05) is 18.2 Å². The van der Waals surface area contributed by atoms with Crippen LogP contribution >= 0.6 is 0 Å². The first-order chi connectivity index (χ1) is 9.74. The number of anilines is 2. The molecule has 0 saturated heterocycles. The van der Waals surface area contributed by atoms with Gasteiger partial charge in [-0.2, -0.15) is 0 Å². The molecule has 1 aromatic heterocycles. The van der Waals surface area contributed by atoms with Crippen molar-refractivity contribution >= 4 is 22.3 Å². The Morgan fingerprint density at radius 3 is 3.00 bits per heavy atom. The van der Waals surface area contributed by atoms with Gasteiger partial charge >= 0.3 is 0 Å². The molecule has 3 nitrogen and oxygen atoms in total. The van der Waals surface area contributed by atoms with Crippen LogP contribution in [0.3, 0.4) is 0 Å². The van der Waals surface area contributed by atoms with E-state index in [-0.39, 0.29) is 0 Å². The van der Waals surface area contributed by atoms with Gasteiger partial charge in [-0.3, -0.25) is 4.98 Å². The molecule has 106 valence electrons. The van der Waals surface area contributed by atoms with E-state index in [0.29, 0.717) is 0 Å². The quantitative estimate of drug-likeness (QED) is 0.883. The first kappa shape index (κ1) is 13.2. The second kappa shape index (κ2) is 5.70. The molecule has 1 aromatic carbocycles. The molecular weight excluding hydrogens is 246 g/mol. The predicted octanol–water partition coefficient (Wildman–Crippen LogP) is 4.06. The SMILES string of the molecule is CC1CCCC(CNc2c(N)cnc3ccccc23)C1. The fourth-order valence-corrected chi connectivity index (χ4v) is 3.35. The smallest absolute Gasteiger partial charge is 0.0743 e. The number of fused-ring (bicyclic) bond motifs is 1. The van der Waals surface area contributed by atoms with E-state index in [9.17, 15) is 0 Å². The molecule has 20 heavy (non-hydrogen) atoms. The number of nitrogens with zero attached hydrogens (tertiary/aromatic N) is 1. The summed E-state index contributed by atoms with van der Waals surface area (Å²) >= 11 is 0. The maximum absolute atomic E-state index is 6.10. The fraction of sp³-hybridized carbons (Fsp3) is 0.471. The molecule has 0 spiro atoms. The molecule has 1 aliphatic rings. The molecule has 0 aliphatic heterocycles. The number of nitrogen functional groups attached to an aromatic ring is 1. The van der Waals surface area contributed by atoms with Gasteiger partial charge in [0.25, 0.3) is 0 Å². The first-order valence-electron chi connectivity index (χ1n) is 7.61. The Bertz CT molecular complexity index is 594. The standard InChI is InChI=1S/C17H23N3/c1-12-5-4-6-13(9-12)10-20-17-14-7-2-3-8-16(14)19-11-15(17)18/h2-3,7-8,11-13H,4-6,9-10,18H2,1H3,(H,19,20). The summed E-state index contributed by atoms with van der Waals surface area (Å²) in [7, 11) is 0. The van der Waals surface area contributed by atoms with Crippen molar-refractivity contribution in [2.45, 2.75) is 32.6 Å². The molecule has 2 atom stereocenters. The molecule has 3 heteroatoms. The van der Waals surface area contributed by atoms with E-state index < -0.39 is 0 Å². The third-order valence-corrected chi connectivity index (χ3v) is 4.42. The Kier molecular flexibility index (Phi) is 3.77. The van der Waals surface area contributed by atoms with E-state index in [2.05, 4.69) is 23.3 Å². The minimum absolute atomic E-state index is 0.743. The maximum Gasteiger partial charge on any atom is 0.0743 e. The number of aromatic nitrogens is 1. The lowest BCUT2D eigenvalue weighted by Crippen LogP contribution is -2.21. The lowest BCUT2D eigenvalue weighted by Gasteiger charge is -2.27. The second-order valence-corrected chi connectivity index (χ2v) is 6.12. The van der Waals surface area contributed by atoms with Crippen molar-refractivity contribution in [3.05, 3.63) is 30.5 Å². The van der Waals surface area contributed by atoms with Crippen LogP contribution in [0.15, 0.2) is 30.5 Å². The number of nitrogens with two attached hydrogens (primary N) is 1. The maximum atomic E-state index is 6.10. The van der Waals surface area contributed by atoms with Crippen LogP contribution in [0.4, 0.5) is 11.4 Å². The molecule has 1 fully saturated rings. The highest BCUT2D eigenvalue weighted by molar-refractivity contribution is 5.96. The topological polar surface area (TPSA) is 50.9 Å². The van der Waals surface area contributed by atoms with Crippen molar-refractivity contribution in [1.29, 1.82) is 0 Å². The zero-order chi connectivity index (χ0) is 13.9. The number of benzene rings is 1. The van der Waals surface area contributed by atoms with E-state index in [1.54, 1.807) is 6.20 Å². The summed E-state index contributed by atoms with van der Waals surface area (Å²) in [6.45, 7) is 3.38. The third kappa shape index (κ3) is 2.72. The highest BCUT2D eigenvalue weighted by Gasteiger charge is 2.19. The summed E-state index contributed by atoms with van der Waals surface area (Å²) in [4.78, 5) is 4.38. The second-order valence-electron chi connectivity index (χ2n) is 6.12. The fourth-order valence-electron chi connectivity index (χ4n) is 3.35. The minimum atomic E-state index is 0.743. The van der Waals surface area contributed by atoms with Crippen LogP contribution < -0.4 is 11.1 Å². The Morgan fingerprint density at radius 2 is 2.15 bits per heavy atom. The van der Waals surface area contributed by atoms with Crippen molar-refractivity contribution < 1.29 is 0 Å². The highest BCUT2D eigenvalue weighted by Crippen LogP contribution is 2.31. The van der Waals surface area contributed by atoms with E-state index in [0.717, 1.165) is 40.7 Å². The summed E-state index contributed by atoms with van der Waals surface area (Å²) in [5.41, 5.74) is 8.90. The largest absolute Gasteiger partial charge is 0.396 e. The predicted molar refractivity (Wildman–Crippen MR) is 85.8 cm³/mol. The van der Waals surface area contributed by atoms with E-state index >= 15 is 0 Å². The van der Waals surface area contributed by atoms with Crippen molar-refractivity contribution in [3.8, 4) is 0 Å². The number of hydrogen-bond acceptors (Lipinski definition) is 3. The average molecular weight is 269 g/mol. The number of para-hydroxylation sites is 1. The van der Waals surface area contributed by atoms with Crippen LogP contribution in [0.1, 0.15) is 32.6 Å². The van der Waals surface area contributed by atoms with Gasteiger partial charge in [-0.15, -0.1) is 0 Å². The Labute approximate surface area is 120 Å². The summed E-state index contributed by atoms with van der Waals surface area (Å²) < 4.78 is 0. The zero-order valence-corrected chi connectivity index (χ0v) is 12.1. The molecule has 1 heterocycles. The van der Waals surface area contributed by atoms with Gasteiger partial charge in [0.2, 0.25) is 0 Å².